The molecule has 0 aliphatic rings. The molecule has 0 aromatic heterocycles. The number of carbonyl (C=O) groups excluding carboxylic acids is 1. The molecule has 0 aliphatic heterocycles. The fraction of sp³-hybridized carbons (Fsp3) is 0.375. The standard InChI is InChI=1S/C24H28ClFO2/c1-2-3-4-5-6-7-8-9-10-17-28-21-14-11-19(12-15-21)20-13-16-22(24(25)27)23(26)18-20/h2,11-16,18H,1,3-10,17H2. The van der Waals surface area contributed by atoms with Crippen LogP contribution in [-0.2, 0) is 0 Å². The molecule has 0 unspecified atom stereocenters. The maximum Gasteiger partial charge on any atom is 0.255 e. The third-order valence-electron chi connectivity index (χ3n) is 4.69. The second-order valence-electron chi connectivity index (χ2n) is 6.89. The van der Waals surface area contributed by atoms with E-state index < -0.39 is 11.1 Å². The van der Waals surface area contributed by atoms with Gasteiger partial charge in [-0.25, -0.2) is 4.39 Å². The Morgan fingerprint density at radius 3 is 2.14 bits per heavy atom. The highest BCUT2D eigenvalue weighted by atomic mass is 35.5. The molecule has 28 heavy (non-hydrogen) atoms. The molecule has 0 N–H and O–H groups in total. The summed E-state index contributed by atoms with van der Waals surface area (Å²) in [7, 11) is 0. The van der Waals surface area contributed by atoms with Crippen LogP contribution in [0.3, 0.4) is 0 Å². The van der Waals surface area contributed by atoms with Gasteiger partial charge in [0.1, 0.15) is 11.6 Å². The van der Waals surface area contributed by atoms with Crippen LogP contribution < -0.4 is 4.74 Å². The predicted octanol–water partition coefficient (Wildman–Crippen LogP) is 7.56. The predicted molar refractivity (Wildman–Crippen MR) is 115 cm³/mol. The molecular formula is C24H28ClFO2. The largest absolute Gasteiger partial charge is 0.494 e. The number of unbranched alkanes of at least 4 members (excludes halogenated alkanes) is 7. The van der Waals surface area contributed by atoms with Crippen LogP contribution in [0.4, 0.5) is 4.39 Å². The molecule has 0 saturated heterocycles. The van der Waals surface area contributed by atoms with E-state index in [9.17, 15) is 9.18 Å². The summed E-state index contributed by atoms with van der Waals surface area (Å²) in [6.07, 6.45) is 11.7. The average molecular weight is 403 g/mol. The van der Waals surface area contributed by atoms with Gasteiger partial charge in [0, 0.05) is 0 Å². The van der Waals surface area contributed by atoms with Gasteiger partial charge in [0.05, 0.1) is 12.2 Å². The zero-order valence-electron chi connectivity index (χ0n) is 16.3. The molecule has 0 fully saturated rings. The molecule has 0 spiro atoms. The smallest absolute Gasteiger partial charge is 0.255 e. The van der Waals surface area contributed by atoms with Crippen LogP contribution in [0.15, 0.2) is 55.1 Å². The van der Waals surface area contributed by atoms with Crippen LogP contribution >= 0.6 is 11.6 Å². The SMILES string of the molecule is C=CCCCCCCCCCOc1ccc(-c2ccc(C(=O)Cl)c(F)c2)cc1. The van der Waals surface area contributed by atoms with Crippen LogP contribution in [0.25, 0.3) is 11.1 Å². The summed E-state index contributed by atoms with van der Waals surface area (Å²) in [4.78, 5) is 11.1. The fourth-order valence-corrected chi connectivity index (χ4v) is 3.22. The van der Waals surface area contributed by atoms with Gasteiger partial charge in [0.2, 0.25) is 0 Å². The minimum atomic E-state index is -0.791. The van der Waals surface area contributed by atoms with E-state index in [1.54, 1.807) is 6.07 Å². The van der Waals surface area contributed by atoms with Crippen molar-refractivity contribution >= 4 is 16.8 Å². The van der Waals surface area contributed by atoms with Crippen LogP contribution in [0, 0.1) is 5.82 Å². The van der Waals surface area contributed by atoms with Gasteiger partial charge in [-0.3, -0.25) is 4.79 Å². The van der Waals surface area contributed by atoms with E-state index in [2.05, 4.69) is 6.58 Å². The van der Waals surface area contributed by atoms with E-state index in [-0.39, 0.29) is 5.56 Å². The van der Waals surface area contributed by atoms with Crippen LogP contribution in [0.1, 0.15) is 61.7 Å². The topological polar surface area (TPSA) is 26.3 Å². The highest BCUT2D eigenvalue weighted by Crippen LogP contribution is 2.25. The van der Waals surface area contributed by atoms with Gasteiger partial charge in [-0.1, -0.05) is 56.4 Å². The molecule has 0 saturated carbocycles. The van der Waals surface area contributed by atoms with Crippen molar-refractivity contribution in [3.8, 4) is 16.9 Å². The van der Waals surface area contributed by atoms with Crippen molar-refractivity contribution in [1.29, 1.82) is 0 Å². The third kappa shape index (κ3) is 7.47. The number of hydrogen-bond donors (Lipinski definition) is 0. The van der Waals surface area contributed by atoms with Gasteiger partial charge in [-0.05, 0) is 66.3 Å². The number of halogens is 2. The van der Waals surface area contributed by atoms with E-state index in [1.165, 1.54) is 50.7 Å². The van der Waals surface area contributed by atoms with E-state index in [0.29, 0.717) is 12.2 Å². The first kappa shape index (κ1) is 22.2. The molecule has 150 valence electrons. The maximum absolute atomic E-state index is 13.9. The maximum atomic E-state index is 13.9. The Morgan fingerprint density at radius 1 is 0.929 bits per heavy atom. The monoisotopic (exact) mass is 402 g/mol. The van der Waals surface area contributed by atoms with Crippen molar-refractivity contribution in [1.82, 2.24) is 0 Å². The van der Waals surface area contributed by atoms with Gasteiger partial charge >= 0.3 is 0 Å². The minimum Gasteiger partial charge on any atom is -0.494 e. The Morgan fingerprint density at radius 2 is 1.54 bits per heavy atom. The van der Waals surface area contributed by atoms with Crippen molar-refractivity contribution in [2.45, 2.75) is 51.4 Å². The zero-order chi connectivity index (χ0) is 20.2. The lowest BCUT2D eigenvalue weighted by molar-refractivity contribution is 0.107. The Hall–Kier alpha value is -2.13. The summed E-state index contributed by atoms with van der Waals surface area (Å²) in [6, 6.07) is 11.9. The van der Waals surface area contributed by atoms with E-state index in [0.717, 1.165) is 24.2 Å². The lowest BCUT2D eigenvalue weighted by Crippen LogP contribution is -1.97. The van der Waals surface area contributed by atoms with Crippen molar-refractivity contribution in [3.63, 3.8) is 0 Å². The van der Waals surface area contributed by atoms with Gasteiger partial charge in [0.15, 0.2) is 0 Å². The average Bonchev–Trinajstić information content (AvgIpc) is 2.69. The molecule has 0 bridgehead atoms. The molecule has 2 aromatic carbocycles. The molecule has 0 aliphatic carbocycles. The first-order chi connectivity index (χ1) is 13.6. The summed E-state index contributed by atoms with van der Waals surface area (Å²) < 4.78 is 19.7. The third-order valence-corrected chi connectivity index (χ3v) is 4.89. The second kappa shape index (κ2) is 12.4. The van der Waals surface area contributed by atoms with Crippen molar-refractivity contribution in [3.05, 3.63) is 66.5 Å². The van der Waals surface area contributed by atoms with Crippen molar-refractivity contribution < 1.29 is 13.9 Å². The summed E-state index contributed by atoms with van der Waals surface area (Å²) in [5, 5.41) is -0.791. The number of allylic oxidation sites excluding steroid dienone is 1. The lowest BCUT2D eigenvalue weighted by Gasteiger charge is -2.08. The van der Waals surface area contributed by atoms with Crippen molar-refractivity contribution in [2.24, 2.45) is 0 Å². The number of benzene rings is 2. The summed E-state index contributed by atoms with van der Waals surface area (Å²) >= 11 is 5.34. The number of hydrogen-bond acceptors (Lipinski definition) is 2. The molecule has 0 amide bonds. The van der Waals surface area contributed by atoms with Gasteiger partial charge in [-0.2, -0.15) is 0 Å². The van der Waals surface area contributed by atoms with Crippen LogP contribution in [0.5, 0.6) is 5.75 Å². The van der Waals surface area contributed by atoms with Gasteiger partial charge in [-0.15, -0.1) is 6.58 Å². The minimum absolute atomic E-state index is 0.109. The van der Waals surface area contributed by atoms with Gasteiger partial charge < -0.3 is 4.74 Å². The Labute approximate surface area is 172 Å². The van der Waals surface area contributed by atoms with E-state index >= 15 is 0 Å². The fourth-order valence-electron chi connectivity index (χ4n) is 3.06. The first-order valence-electron chi connectivity index (χ1n) is 9.95. The molecule has 0 atom stereocenters. The normalized spacial score (nSPS) is 10.6. The molecular weight excluding hydrogens is 375 g/mol. The second-order valence-corrected chi connectivity index (χ2v) is 7.24. The van der Waals surface area contributed by atoms with Crippen molar-refractivity contribution in [2.75, 3.05) is 6.61 Å². The molecule has 0 heterocycles. The number of ether oxygens (including phenoxy) is 1. The van der Waals surface area contributed by atoms with E-state index in [4.69, 9.17) is 16.3 Å². The Kier molecular flexibility index (Phi) is 9.78. The number of rotatable bonds is 13. The zero-order valence-corrected chi connectivity index (χ0v) is 17.0. The summed E-state index contributed by atoms with van der Waals surface area (Å²) in [5.74, 6) is 0.194. The first-order valence-corrected chi connectivity index (χ1v) is 10.3. The molecule has 2 aromatic rings. The van der Waals surface area contributed by atoms with Crippen LogP contribution in [-0.4, -0.2) is 11.8 Å². The van der Waals surface area contributed by atoms with E-state index in [1.807, 2.05) is 30.3 Å². The summed E-state index contributed by atoms with van der Waals surface area (Å²) in [5.41, 5.74) is 1.44. The highest BCUT2D eigenvalue weighted by molar-refractivity contribution is 6.67. The quantitative estimate of drug-likeness (QED) is 0.196. The summed E-state index contributed by atoms with van der Waals surface area (Å²) in [6.45, 7) is 4.45. The lowest BCUT2D eigenvalue weighted by atomic mass is 10.0. The van der Waals surface area contributed by atoms with Crippen LogP contribution in [0.2, 0.25) is 0 Å². The molecule has 2 nitrogen and oxygen atoms in total. The molecule has 2 rings (SSSR count). The highest BCUT2D eigenvalue weighted by Gasteiger charge is 2.10. The van der Waals surface area contributed by atoms with Gasteiger partial charge in [0.25, 0.3) is 5.24 Å². The molecule has 0 radical (unpaired) electrons. The molecule has 4 heteroatoms. The number of carbonyl (C=O) groups is 1. The Bertz CT molecular complexity index is 756. The Balaban J connectivity index is 1.69.